The van der Waals surface area contributed by atoms with Crippen molar-refractivity contribution in [1.82, 2.24) is 25.2 Å². The molecule has 3 heterocycles. The normalized spacial score (nSPS) is 13.8. The summed E-state index contributed by atoms with van der Waals surface area (Å²) in [6.07, 6.45) is 4.30. The van der Waals surface area contributed by atoms with Crippen LogP contribution in [0.15, 0.2) is 91.3 Å². The number of nitrogens with zero attached hydrogens (tertiary/aromatic N) is 4. The van der Waals surface area contributed by atoms with Gasteiger partial charge in [0.25, 0.3) is 0 Å². The maximum Gasteiger partial charge on any atom is 0.328 e. The average Bonchev–Trinajstić information content (AvgIpc) is 3.67. The van der Waals surface area contributed by atoms with Gasteiger partial charge in [0.2, 0.25) is 5.91 Å². The van der Waals surface area contributed by atoms with Crippen molar-refractivity contribution in [3.8, 4) is 28.3 Å². The number of hydrogen-bond donors (Lipinski definition) is 5. The molecule has 0 radical (unpaired) electrons. The van der Waals surface area contributed by atoms with E-state index in [2.05, 4.69) is 61.8 Å². The van der Waals surface area contributed by atoms with Crippen molar-refractivity contribution in [3.05, 3.63) is 125 Å². The van der Waals surface area contributed by atoms with Crippen LogP contribution in [0.5, 0.6) is 5.75 Å². The second-order valence-electron chi connectivity index (χ2n) is 16.1. The van der Waals surface area contributed by atoms with E-state index in [0.717, 1.165) is 50.0 Å². The fourth-order valence-electron chi connectivity index (χ4n) is 7.50. The van der Waals surface area contributed by atoms with Crippen LogP contribution in [0.4, 0.5) is 25.0 Å². The molecule has 12 nitrogen and oxygen atoms in total. The molecule has 3 amide bonds. The SMILES string of the molecule is Cc1c(NC(O)c2ccc(C(C)(C)O)cc2F)cc(F)cc1-c1ncnc2[nH]c(-c3ccc(CN(C)CCCCCCOc4cccc(N5CCC(=O)NC5=O)c4)cc3)cc12. The van der Waals surface area contributed by atoms with Crippen molar-refractivity contribution >= 4 is 34.3 Å². The first-order valence-corrected chi connectivity index (χ1v) is 20.5. The molecule has 318 valence electrons. The number of aromatic nitrogens is 3. The third-order valence-corrected chi connectivity index (χ3v) is 11.0. The van der Waals surface area contributed by atoms with Crippen LogP contribution in [0.3, 0.4) is 0 Å². The molecule has 61 heavy (non-hydrogen) atoms. The number of H-pyrrole nitrogens is 1. The third kappa shape index (κ3) is 10.4. The molecule has 0 bridgehead atoms. The predicted molar refractivity (Wildman–Crippen MR) is 232 cm³/mol. The van der Waals surface area contributed by atoms with Crippen LogP contribution < -0.4 is 20.3 Å². The van der Waals surface area contributed by atoms with Crippen molar-refractivity contribution in [2.75, 3.05) is 37.0 Å². The molecule has 0 aliphatic carbocycles. The highest BCUT2D eigenvalue weighted by molar-refractivity contribution is 6.05. The molecule has 14 heteroatoms. The van der Waals surface area contributed by atoms with Crippen LogP contribution in [0.2, 0.25) is 0 Å². The number of carbonyl (C=O) groups is 2. The molecule has 1 aliphatic rings. The minimum Gasteiger partial charge on any atom is -0.494 e. The average molecular weight is 832 g/mol. The van der Waals surface area contributed by atoms with Crippen LogP contribution in [0, 0.1) is 18.6 Å². The number of carbonyl (C=O) groups excluding carboxylic acids is 2. The van der Waals surface area contributed by atoms with E-state index in [0.29, 0.717) is 58.0 Å². The zero-order valence-corrected chi connectivity index (χ0v) is 34.8. The molecular weight excluding hydrogens is 781 g/mol. The highest BCUT2D eigenvalue weighted by Gasteiger charge is 2.25. The Bertz CT molecular complexity index is 2520. The van der Waals surface area contributed by atoms with E-state index in [-0.39, 0.29) is 23.6 Å². The summed E-state index contributed by atoms with van der Waals surface area (Å²) in [7, 11) is 2.12. The van der Waals surface area contributed by atoms with E-state index in [1.54, 1.807) is 31.7 Å². The maximum absolute atomic E-state index is 15.2. The lowest BCUT2D eigenvalue weighted by Crippen LogP contribution is -2.49. The molecule has 2 aromatic heterocycles. The Morgan fingerprint density at radius 2 is 1.75 bits per heavy atom. The zero-order valence-electron chi connectivity index (χ0n) is 34.8. The van der Waals surface area contributed by atoms with Crippen molar-refractivity contribution in [3.63, 3.8) is 0 Å². The summed E-state index contributed by atoms with van der Waals surface area (Å²) in [6.45, 7) is 7.56. The van der Waals surface area contributed by atoms with Gasteiger partial charge in [0.05, 0.1) is 17.9 Å². The Morgan fingerprint density at radius 3 is 2.51 bits per heavy atom. The lowest BCUT2D eigenvalue weighted by molar-refractivity contribution is -0.120. The van der Waals surface area contributed by atoms with E-state index < -0.39 is 29.5 Å². The Kier molecular flexibility index (Phi) is 13.1. The largest absolute Gasteiger partial charge is 0.494 e. The second kappa shape index (κ2) is 18.6. The lowest BCUT2D eigenvalue weighted by Gasteiger charge is -2.26. The van der Waals surface area contributed by atoms with Gasteiger partial charge >= 0.3 is 6.03 Å². The molecule has 1 unspecified atom stereocenters. The summed E-state index contributed by atoms with van der Waals surface area (Å²) in [5, 5.41) is 27.1. The van der Waals surface area contributed by atoms with E-state index in [1.165, 1.54) is 36.2 Å². The van der Waals surface area contributed by atoms with Gasteiger partial charge in [-0.2, -0.15) is 0 Å². The minimum atomic E-state index is -1.49. The van der Waals surface area contributed by atoms with Gasteiger partial charge in [-0.1, -0.05) is 55.3 Å². The summed E-state index contributed by atoms with van der Waals surface area (Å²) >= 11 is 0. The maximum atomic E-state index is 15.2. The number of anilines is 2. The number of aliphatic hydroxyl groups is 2. The number of hydrogen-bond acceptors (Lipinski definition) is 9. The molecule has 6 aromatic rings. The van der Waals surface area contributed by atoms with E-state index >= 15 is 8.78 Å². The van der Waals surface area contributed by atoms with Crippen molar-refractivity contribution < 1.29 is 33.3 Å². The number of benzene rings is 4. The Labute approximate surface area is 353 Å². The molecule has 1 fully saturated rings. The topological polar surface area (TPSA) is 156 Å². The number of aromatic amines is 1. The third-order valence-electron chi connectivity index (χ3n) is 11.0. The van der Waals surface area contributed by atoms with E-state index in [4.69, 9.17) is 4.74 Å². The van der Waals surface area contributed by atoms with Crippen LogP contribution in [0.25, 0.3) is 33.5 Å². The van der Waals surface area contributed by atoms with Crippen LogP contribution in [-0.2, 0) is 16.9 Å². The van der Waals surface area contributed by atoms with Gasteiger partial charge in [-0.25, -0.2) is 23.5 Å². The molecule has 1 aliphatic heterocycles. The van der Waals surface area contributed by atoms with Gasteiger partial charge in [0.1, 0.15) is 29.4 Å². The van der Waals surface area contributed by atoms with E-state index in [9.17, 15) is 19.8 Å². The molecule has 0 spiro atoms. The van der Waals surface area contributed by atoms with Crippen molar-refractivity contribution in [1.29, 1.82) is 0 Å². The first kappa shape index (κ1) is 42.9. The number of nitrogens with one attached hydrogen (secondary N) is 3. The number of rotatable bonds is 17. The van der Waals surface area contributed by atoms with Crippen molar-refractivity contribution in [2.24, 2.45) is 0 Å². The fraction of sp³-hybridized carbons (Fsp3) is 0.319. The summed E-state index contributed by atoms with van der Waals surface area (Å²) in [5.41, 5.74) is 5.18. The van der Waals surface area contributed by atoms with Crippen LogP contribution >= 0.6 is 0 Å². The predicted octanol–water partition coefficient (Wildman–Crippen LogP) is 8.73. The summed E-state index contributed by atoms with van der Waals surface area (Å²) in [4.78, 5) is 39.9. The number of unbranched alkanes of at least 4 members (excludes halogenated alkanes) is 3. The molecular formula is C47H51F2N7O5. The summed E-state index contributed by atoms with van der Waals surface area (Å²) in [6, 6.07) is 24.0. The summed E-state index contributed by atoms with van der Waals surface area (Å²) in [5.74, 6) is -0.826. The fourth-order valence-corrected chi connectivity index (χ4v) is 7.50. The van der Waals surface area contributed by atoms with Gasteiger partial charge in [0, 0.05) is 59.2 Å². The molecule has 1 atom stereocenters. The first-order valence-electron chi connectivity index (χ1n) is 20.5. The summed E-state index contributed by atoms with van der Waals surface area (Å²) < 4.78 is 36.1. The van der Waals surface area contributed by atoms with Crippen LogP contribution in [-0.4, -0.2) is 68.7 Å². The van der Waals surface area contributed by atoms with Gasteiger partial charge in [0.15, 0.2) is 6.23 Å². The number of imide groups is 1. The van der Waals surface area contributed by atoms with Gasteiger partial charge in [-0.05, 0) is 106 Å². The zero-order chi connectivity index (χ0) is 43.3. The molecule has 4 aromatic carbocycles. The highest BCUT2D eigenvalue weighted by Crippen LogP contribution is 2.36. The Morgan fingerprint density at radius 1 is 0.967 bits per heavy atom. The van der Waals surface area contributed by atoms with Gasteiger partial charge in [-0.15, -0.1) is 0 Å². The number of ether oxygens (including phenoxy) is 1. The number of amides is 3. The quantitative estimate of drug-likeness (QED) is 0.0448. The van der Waals surface area contributed by atoms with Gasteiger partial charge < -0.3 is 30.2 Å². The minimum absolute atomic E-state index is 0.0428. The van der Waals surface area contributed by atoms with Crippen LogP contribution in [0.1, 0.15) is 74.4 Å². The molecule has 5 N–H and O–H groups in total. The number of urea groups is 1. The monoisotopic (exact) mass is 831 g/mol. The molecule has 7 rings (SSSR count). The van der Waals surface area contributed by atoms with E-state index in [1.807, 2.05) is 30.3 Å². The number of halogens is 2. The Balaban J connectivity index is 0.911. The first-order chi connectivity index (χ1) is 29.2. The Hall–Kier alpha value is -6.22. The van der Waals surface area contributed by atoms with Crippen molar-refractivity contribution in [2.45, 2.75) is 71.2 Å². The number of aliphatic hydroxyl groups excluding tert-OH is 1. The standard InChI is InChI=1S/C47H51F2N7O5/c1-29-37(23-33(48)24-40(29)53-45(58)36-17-16-32(22-39(36)49)47(2,3)60)43-38-26-41(52-44(38)51-28-50-43)31-14-12-30(13-15-31)27-55(4)19-7-5-6-8-21-61-35-11-9-10-34(25-35)56-20-18-42(57)54-46(56)59/h9-17,22-26,28,45,53,58,60H,5-8,18-21,27H2,1-4H3,(H,50,51,52)(H,54,57,59). The molecule has 0 saturated carbocycles. The molecule has 1 saturated heterocycles. The highest BCUT2D eigenvalue weighted by atomic mass is 19.1. The smallest absolute Gasteiger partial charge is 0.328 e. The second-order valence-corrected chi connectivity index (χ2v) is 16.1. The number of fused-ring (bicyclic) bond motifs is 1. The lowest BCUT2D eigenvalue weighted by atomic mass is 9.96. The van der Waals surface area contributed by atoms with Gasteiger partial charge in [-0.3, -0.25) is 15.0 Å².